The van der Waals surface area contributed by atoms with Crippen LogP contribution in [0.2, 0.25) is 0 Å². The van der Waals surface area contributed by atoms with E-state index in [1.165, 1.54) is 0 Å². The summed E-state index contributed by atoms with van der Waals surface area (Å²) in [5.41, 5.74) is 2.96. The number of pyridine rings is 1. The average molecular weight is 188 g/mol. The van der Waals surface area contributed by atoms with Gasteiger partial charge in [0.2, 0.25) is 0 Å². The molecule has 2 heterocycles. The molecule has 0 saturated heterocycles. The molecule has 0 saturated carbocycles. The first-order chi connectivity index (χ1) is 6.79. The van der Waals surface area contributed by atoms with Gasteiger partial charge in [0.25, 0.3) is 0 Å². The number of aryl methyl sites for hydroxylation is 2. The van der Waals surface area contributed by atoms with Gasteiger partial charge in [-0.05, 0) is 26.0 Å². The normalized spacial score (nSPS) is 10.4. The van der Waals surface area contributed by atoms with E-state index in [2.05, 4.69) is 15.3 Å². The summed E-state index contributed by atoms with van der Waals surface area (Å²) in [4.78, 5) is 4.14. The van der Waals surface area contributed by atoms with Gasteiger partial charge in [0.05, 0.1) is 6.20 Å². The van der Waals surface area contributed by atoms with E-state index in [1.807, 2.05) is 36.9 Å². The van der Waals surface area contributed by atoms with Crippen molar-refractivity contribution in [1.29, 1.82) is 0 Å². The molecule has 0 radical (unpaired) electrons. The van der Waals surface area contributed by atoms with Gasteiger partial charge in [-0.1, -0.05) is 5.21 Å². The van der Waals surface area contributed by atoms with Crippen LogP contribution in [0.3, 0.4) is 0 Å². The van der Waals surface area contributed by atoms with Crippen LogP contribution in [0.4, 0.5) is 0 Å². The molecule has 0 aliphatic heterocycles. The monoisotopic (exact) mass is 188 g/mol. The van der Waals surface area contributed by atoms with Crippen LogP contribution in [0.1, 0.15) is 12.6 Å². The fraction of sp³-hybridized carbons (Fsp3) is 0.300. The Bertz CT molecular complexity index is 433. The summed E-state index contributed by atoms with van der Waals surface area (Å²) in [5.74, 6) is 0. The van der Waals surface area contributed by atoms with Crippen molar-refractivity contribution in [1.82, 2.24) is 20.0 Å². The summed E-state index contributed by atoms with van der Waals surface area (Å²) >= 11 is 0. The lowest BCUT2D eigenvalue weighted by atomic mass is 10.2. The van der Waals surface area contributed by atoms with Crippen molar-refractivity contribution in [3.05, 3.63) is 30.2 Å². The maximum Gasteiger partial charge on any atom is 0.113 e. The van der Waals surface area contributed by atoms with Crippen molar-refractivity contribution in [2.75, 3.05) is 0 Å². The van der Waals surface area contributed by atoms with Crippen LogP contribution < -0.4 is 0 Å². The van der Waals surface area contributed by atoms with Gasteiger partial charge in [0, 0.05) is 24.0 Å². The summed E-state index contributed by atoms with van der Waals surface area (Å²) in [7, 11) is 0. The molecule has 0 atom stereocenters. The van der Waals surface area contributed by atoms with Gasteiger partial charge in [-0.2, -0.15) is 0 Å². The standard InChI is InChI=1S/C10H12N4/c1-3-14-7-10(12-13-14)9-4-5-11-8(2)6-9/h4-7H,3H2,1-2H3. The first kappa shape index (κ1) is 8.87. The third-order valence-corrected chi connectivity index (χ3v) is 2.06. The van der Waals surface area contributed by atoms with E-state index in [-0.39, 0.29) is 0 Å². The second-order valence-corrected chi connectivity index (χ2v) is 3.15. The third kappa shape index (κ3) is 1.64. The highest BCUT2D eigenvalue weighted by Gasteiger charge is 2.02. The van der Waals surface area contributed by atoms with Crippen LogP contribution in [0.15, 0.2) is 24.5 Å². The molecule has 14 heavy (non-hydrogen) atoms. The summed E-state index contributed by atoms with van der Waals surface area (Å²) in [5, 5.41) is 8.07. The quantitative estimate of drug-likeness (QED) is 0.720. The molecule has 0 bridgehead atoms. The summed E-state index contributed by atoms with van der Waals surface area (Å²) in [6.07, 6.45) is 3.73. The van der Waals surface area contributed by atoms with E-state index in [0.29, 0.717) is 0 Å². The molecule has 4 heteroatoms. The van der Waals surface area contributed by atoms with Crippen molar-refractivity contribution in [3.8, 4) is 11.3 Å². The van der Waals surface area contributed by atoms with E-state index in [4.69, 9.17) is 0 Å². The highest BCUT2D eigenvalue weighted by molar-refractivity contribution is 5.57. The number of hydrogen-bond donors (Lipinski definition) is 0. The minimum Gasteiger partial charge on any atom is -0.262 e. The van der Waals surface area contributed by atoms with Crippen LogP contribution in [0.25, 0.3) is 11.3 Å². The minimum atomic E-state index is 0.844. The van der Waals surface area contributed by atoms with E-state index in [9.17, 15) is 0 Å². The lowest BCUT2D eigenvalue weighted by Gasteiger charge is -1.95. The van der Waals surface area contributed by atoms with Gasteiger partial charge in [-0.15, -0.1) is 5.10 Å². The summed E-state index contributed by atoms with van der Waals surface area (Å²) in [6, 6.07) is 3.95. The predicted molar refractivity (Wildman–Crippen MR) is 53.7 cm³/mol. The molecular formula is C10H12N4. The Kier molecular flexibility index (Phi) is 2.26. The lowest BCUT2D eigenvalue weighted by Crippen LogP contribution is -1.93. The lowest BCUT2D eigenvalue weighted by molar-refractivity contribution is 0.627. The fourth-order valence-corrected chi connectivity index (χ4v) is 1.29. The number of nitrogens with zero attached hydrogens (tertiary/aromatic N) is 4. The molecule has 0 aliphatic rings. The predicted octanol–water partition coefficient (Wildman–Crippen LogP) is 1.67. The van der Waals surface area contributed by atoms with Gasteiger partial charge in [-0.25, -0.2) is 0 Å². The Morgan fingerprint density at radius 3 is 2.93 bits per heavy atom. The van der Waals surface area contributed by atoms with Crippen molar-refractivity contribution in [2.24, 2.45) is 0 Å². The molecule has 0 N–H and O–H groups in total. The second kappa shape index (κ2) is 3.57. The molecular weight excluding hydrogens is 176 g/mol. The van der Waals surface area contributed by atoms with Gasteiger partial charge < -0.3 is 0 Å². The molecule has 0 fully saturated rings. The second-order valence-electron chi connectivity index (χ2n) is 3.15. The molecule has 4 nitrogen and oxygen atoms in total. The van der Waals surface area contributed by atoms with Gasteiger partial charge in [0.15, 0.2) is 0 Å². The summed E-state index contributed by atoms with van der Waals surface area (Å²) < 4.78 is 1.81. The highest BCUT2D eigenvalue weighted by atomic mass is 15.4. The third-order valence-electron chi connectivity index (χ3n) is 2.06. The Hall–Kier alpha value is -1.71. The first-order valence-electron chi connectivity index (χ1n) is 4.62. The Labute approximate surface area is 82.6 Å². The maximum atomic E-state index is 4.14. The Morgan fingerprint density at radius 1 is 1.43 bits per heavy atom. The Balaban J connectivity index is 2.39. The van der Waals surface area contributed by atoms with Crippen molar-refractivity contribution >= 4 is 0 Å². The van der Waals surface area contributed by atoms with Crippen LogP contribution in [0.5, 0.6) is 0 Å². The highest BCUT2D eigenvalue weighted by Crippen LogP contribution is 2.15. The zero-order valence-corrected chi connectivity index (χ0v) is 8.31. The Morgan fingerprint density at radius 2 is 2.29 bits per heavy atom. The smallest absolute Gasteiger partial charge is 0.113 e. The number of aromatic nitrogens is 4. The number of rotatable bonds is 2. The van der Waals surface area contributed by atoms with Gasteiger partial charge in [0.1, 0.15) is 5.69 Å². The number of hydrogen-bond acceptors (Lipinski definition) is 3. The summed E-state index contributed by atoms with van der Waals surface area (Å²) in [6.45, 7) is 4.85. The zero-order valence-electron chi connectivity index (χ0n) is 8.31. The van der Waals surface area contributed by atoms with Gasteiger partial charge >= 0.3 is 0 Å². The van der Waals surface area contributed by atoms with E-state index < -0.39 is 0 Å². The molecule has 0 amide bonds. The van der Waals surface area contributed by atoms with E-state index in [1.54, 1.807) is 6.20 Å². The van der Waals surface area contributed by atoms with Crippen molar-refractivity contribution in [2.45, 2.75) is 20.4 Å². The first-order valence-corrected chi connectivity index (χ1v) is 4.62. The molecule has 72 valence electrons. The SMILES string of the molecule is CCn1cc(-c2ccnc(C)c2)nn1. The van der Waals surface area contributed by atoms with Crippen LogP contribution in [-0.4, -0.2) is 20.0 Å². The van der Waals surface area contributed by atoms with E-state index in [0.717, 1.165) is 23.5 Å². The van der Waals surface area contributed by atoms with Crippen LogP contribution in [0, 0.1) is 6.92 Å². The minimum absolute atomic E-state index is 0.844. The molecule has 0 aromatic carbocycles. The molecule has 0 unspecified atom stereocenters. The fourth-order valence-electron chi connectivity index (χ4n) is 1.29. The maximum absolute atomic E-state index is 4.14. The zero-order chi connectivity index (χ0) is 9.97. The molecule has 2 rings (SSSR count). The van der Waals surface area contributed by atoms with Crippen molar-refractivity contribution < 1.29 is 0 Å². The van der Waals surface area contributed by atoms with E-state index >= 15 is 0 Å². The van der Waals surface area contributed by atoms with Crippen molar-refractivity contribution in [3.63, 3.8) is 0 Å². The van der Waals surface area contributed by atoms with Crippen LogP contribution in [-0.2, 0) is 6.54 Å². The molecule has 0 aliphatic carbocycles. The molecule has 2 aromatic rings. The largest absolute Gasteiger partial charge is 0.262 e. The molecule has 0 spiro atoms. The molecule has 2 aromatic heterocycles. The topological polar surface area (TPSA) is 43.6 Å². The average Bonchev–Trinajstić information content (AvgIpc) is 2.66. The van der Waals surface area contributed by atoms with Gasteiger partial charge in [-0.3, -0.25) is 9.67 Å². The van der Waals surface area contributed by atoms with Crippen LogP contribution >= 0.6 is 0 Å².